The van der Waals surface area contributed by atoms with E-state index in [9.17, 15) is 19.7 Å². The van der Waals surface area contributed by atoms with Crippen LogP contribution in [0.1, 0.15) is 11.1 Å². The molecule has 1 atom stereocenters. The van der Waals surface area contributed by atoms with Crippen LogP contribution in [0.4, 0.5) is 0 Å². The zero-order valence-electron chi connectivity index (χ0n) is 13.2. The first kappa shape index (κ1) is 18.3. The summed E-state index contributed by atoms with van der Waals surface area (Å²) in [4.78, 5) is 32.1. The van der Waals surface area contributed by atoms with Gasteiger partial charge in [-0.3, -0.25) is 10.2 Å². The summed E-state index contributed by atoms with van der Waals surface area (Å²) in [7, 11) is -3.74. The molecule has 0 amide bonds. The lowest BCUT2D eigenvalue weighted by molar-refractivity contribution is -0.141. The molecule has 2 rings (SSSR count). The molecule has 0 saturated heterocycles. The summed E-state index contributed by atoms with van der Waals surface area (Å²) in [5.74, 6) is -2.02. The van der Waals surface area contributed by atoms with Crippen LogP contribution >= 0.6 is 7.72 Å². The maximum Gasteiger partial charge on any atom is 0.314 e. The highest BCUT2D eigenvalue weighted by Crippen LogP contribution is 2.53. The number of aliphatic carboxylic acids is 1. The molecule has 0 bridgehead atoms. The van der Waals surface area contributed by atoms with Crippen LogP contribution < -0.4 is 0 Å². The second-order valence-electron chi connectivity index (χ2n) is 5.75. The summed E-state index contributed by atoms with van der Waals surface area (Å²) in [5.41, 5.74) is 1.41. The zero-order chi connectivity index (χ0) is 17.6. The van der Waals surface area contributed by atoms with Crippen LogP contribution in [0.25, 0.3) is 0 Å². The molecule has 5 nitrogen and oxygen atoms in total. The highest BCUT2D eigenvalue weighted by molar-refractivity contribution is 7.81. The molecule has 2 aromatic rings. The Morgan fingerprint density at radius 2 is 1.46 bits per heavy atom. The Morgan fingerprint density at radius 1 is 0.958 bits per heavy atom. The normalized spacial score (nSPS) is 12.6. The van der Waals surface area contributed by atoms with Crippen molar-refractivity contribution >= 4 is 19.1 Å². The Labute approximate surface area is 141 Å². The molecular weight excluding hydrogens is 325 g/mol. The Bertz CT molecular complexity index is 689. The molecule has 1 unspecified atom stereocenters. The predicted octanol–water partition coefficient (Wildman–Crippen LogP) is 2.98. The molecule has 0 heterocycles. The Hall–Kier alpha value is -2.07. The molecule has 24 heavy (non-hydrogen) atoms. The average Bonchev–Trinajstić information content (AvgIpc) is 2.56. The summed E-state index contributed by atoms with van der Waals surface area (Å²) in [5, 5.41) is 17.4. The van der Waals surface area contributed by atoms with E-state index in [0.29, 0.717) is 0 Å². The lowest BCUT2D eigenvalue weighted by Crippen LogP contribution is -2.25. The van der Waals surface area contributed by atoms with Gasteiger partial charge in [-0.15, -0.1) is 0 Å². The van der Waals surface area contributed by atoms with E-state index >= 15 is 0 Å². The minimum Gasteiger partial charge on any atom is -0.481 e. The van der Waals surface area contributed by atoms with E-state index in [2.05, 4.69) is 0 Å². The van der Waals surface area contributed by atoms with Crippen molar-refractivity contribution in [3.05, 3.63) is 71.8 Å². The van der Waals surface area contributed by atoms with Crippen molar-refractivity contribution in [2.45, 2.75) is 12.8 Å². The van der Waals surface area contributed by atoms with Crippen molar-refractivity contribution in [3.8, 4) is 0 Å². The monoisotopic (exact) mass is 346 g/mol. The molecule has 0 aliphatic rings. The van der Waals surface area contributed by atoms with Gasteiger partial charge in [-0.25, -0.2) is 9.79 Å². The van der Waals surface area contributed by atoms with E-state index in [1.807, 2.05) is 36.4 Å². The van der Waals surface area contributed by atoms with Gasteiger partial charge in [0, 0.05) is 0 Å². The van der Waals surface area contributed by atoms with Crippen molar-refractivity contribution in [1.29, 1.82) is 5.41 Å². The van der Waals surface area contributed by atoms with Crippen LogP contribution in [0.3, 0.4) is 0 Å². The van der Waals surface area contributed by atoms with Crippen molar-refractivity contribution < 1.29 is 19.7 Å². The van der Waals surface area contributed by atoms with E-state index in [1.54, 1.807) is 24.3 Å². The molecule has 126 valence electrons. The molecule has 0 spiro atoms. The largest absolute Gasteiger partial charge is 0.481 e. The van der Waals surface area contributed by atoms with E-state index in [4.69, 9.17) is 5.41 Å². The number of carbonyl (C=O) groups is 1. The van der Waals surface area contributed by atoms with Gasteiger partial charge in [-0.2, -0.15) is 0 Å². The molecule has 2 aromatic carbocycles. The van der Waals surface area contributed by atoms with E-state index < -0.39 is 19.6 Å². The minimum atomic E-state index is -3.74. The Morgan fingerprint density at radius 3 is 1.96 bits per heavy atom. The SMILES string of the molecule is N=C(Cc1ccccc1)[P+](O)(O)CC(Cc1ccccc1)C(=O)O. The molecule has 6 heteroatoms. The maximum absolute atomic E-state index is 11.5. The van der Waals surface area contributed by atoms with Crippen LogP contribution in [0.15, 0.2) is 60.7 Å². The standard InChI is InChI=1S/C18H20NO4P/c19-17(12-15-9-5-2-6-10-15)24(22,23)13-16(18(20)21)11-14-7-3-1-4-8-14/h1-10,16,19,22-23H,11-13H2/p+1. The smallest absolute Gasteiger partial charge is 0.314 e. The number of carboxylic acids is 1. The number of benzene rings is 2. The maximum atomic E-state index is 11.5. The van der Waals surface area contributed by atoms with Crippen LogP contribution in [0, 0.1) is 11.3 Å². The van der Waals surface area contributed by atoms with Crippen molar-refractivity contribution in [2.24, 2.45) is 5.92 Å². The lowest BCUT2D eigenvalue weighted by Gasteiger charge is -2.18. The Balaban J connectivity index is 2.06. The second-order valence-corrected chi connectivity index (χ2v) is 8.11. The Kier molecular flexibility index (Phi) is 6.21. The van der Waals surface area contributed by atoms with Crippen LogP contribution in [-0.4, -0.2) is 32.5 Å². The van der Waals surface area contributed by atoms with E-state index in [-0.39, 0.29) is 24.5 Å². The number of hydrogen-bond donors (Lipinski definition) is 4. The van der Waals surface area contributed by atoms with Gasteiger partial charge in [0.05, 0.1) is 12.3 Å². The highest BCUT2D eigenvalue weighted by Gasteiger charge is 2.44. The van der Waals surface area contributed by atoms with Crippen molar-refractivity contribution in [3.63, 3.8) is 0 Å². The topological polar surface area (TPSA) is 102 Å². The molecule has 0 fully saturated rings. The van der Waals surface area contributed by atoms with Crippen LogP contribution in [0.5, 0.6) is 0 Å². The summed E-state index contributed by atoms with van der Waals surface area (Å²) in [6, 6.07) is 18.1. The zero-order valence-corrected chi connectivity index (χ0v) is 14.1. The van der Waals surface area contributed by atoms with Gasteiger partial charge >= 0.3 is 13.7 Å². The van der Waals surface area contributed by atoms with Gasteiger partial charge in [0.25, 0.3) is 0 Å². The van der Waals surface area contributed by atoms with Gasteiger partial charge in [-0.05, 0) is 17.5 Å². The summed E-state index contributed by atoms with van der Waals surface area (Å²) in [6.07, 6.45) is -0.000150. The summed E-state index contributed by atoms with van der Waals surface area (Å²) >= 11 is 0. The fourth-order valence-electron chi connectivity index (χ4n) is 2.46. The van der Waals surface area contributed by atoms with Gasteiger partial charge < -0.3 is 5.11 Å². The minimum absolute atomic E-state index is 0.110. The van der Waals surface area contributed by atoms with Gasteiger partial charge in [0.15, 0.2) is 0 Å². The molecule has 0 radical (unpaired) electrons. The van der Waals surface area contributed by atoms with Crippen LogP contribution in [-0.2, 0) is 17.6 Å². The summed E-state index contributed by atoms with van der Waals surface area (Å²) in [6.45, 7) is 0. The van der Waals surface area contributed by atoms with Gasteiger partial charge in [-0.1, -0.05) is 60.7 Å². The predicted molar refractivity (Wildman–Crippen MR) is 95.4 cm³/mol. The fraction of sp³-hybridized carbons (Fsp3) is 0.222. The third kappa shape index (κ3) is 5.24. The van der Waals surface area contributed by atoms with Gasteiger partial charge in [0.2, 0.25) is 5.45 Å². The second kappa shape index (κ2) is 8.15. The fourth-order valence-corrected chi connectivity index (χ4v) is 4.02. The highest BCUT2D eigenvalue weighted by atomic mass is 31.2. The first-order valence-electron chi connectivity index (χ1n) is 7.60. The molecular formula is C18H21NO4P+. The van der Waals surface area contributed by atoms with E-state index in [1.165, 1.54) is 0 Å². The van der Waals surface area contributed by atoms with E-state index in [0.717, 1.165) is 11.1 Å². The average molecular weight is 346 g/mol. The molecule has 0 aliphatic carbocycles. The van der Waals surface area contributed by atoms with Crippen molar-refractivity contribution in [2.75, 3.05) is 6.16 Å². The molecule has 0 aliphatic heterocycles. The third-order valence-electron chi connectivity index (χ3n) is 3.80. The molecule has 0 aromatic heterocycles. The van der Waals surface area contributed by atoms with Crippen LogP contribution in [0.2, 0.25) is 0 Å². The number of nitrogens with one attached hydrogen (secondary N) is 1. The summed E-state index contributed by atoms with van der Waals surface area (Å²) < 4.78 is 0. The first-order chi connectivity index (χ1) is 11.4. The van der Waals surface area contributed by atoms with Gasteiger partial charge in [0.1, 0.15) is 6.16 Å². The first-order valence-corrected chi connectivity index (χ1v) is 9.48. The quantitative estimate of drug-likeness (QED) is 0.436. The molecule has 4 N–H and O–H groups in total. The van der Waals surface area contributed by atoms with Crippen molar-refractivity contribution in [1.82, 2.24) is 0 Å². The third-order valence-corrected chi connectivity index (χ3v) is 5.77. The number of hydrogen-bond acceptors (Lipinski definition) is 4. The molecule has 0 saturated carbocycles. The lowest BCUT2D eigenvalue weighted by atomic mass is 10.0. The number of carboxylic acid groups (broad SMARTS) is 1. The number of rotatable bonds is 8.